The molecular formula is C14H20N4. The fourth-order valence-corrected chi connectivity index (χ4v) is 2.19. The Labute approximate surface area is 108 Å². The lowest BCUT2D eigenvalue weighted by Gasteiger charge is -2.17. The van der Waals surface area contributed by atoms with Crippen LogP contribution in [-0.4, -0.2) is 9.55 Å². The van der Waals surface area contributed by atoms with E-state index in [1.54, 1.807) is 6.20 Å². The topological polar surface area (TPSA) is 55.9 Å². The van der Waals surface area contributed by atoms with Gasteiger partial charge in [0.25, 0.3) is 0 Å². The van der Waals surface area contributed by atoms with Gasteiger partial charge in [0, 0.05) is 19.4 Å². The fourth-order valence-electron chi connectivity index (χ4n) is 2.19. The predicted octanol–water partition coefficient (Wildman–Crippen LogP) is 1.93. The molecule has 3 N–H and O–H groups in total. The molecule has 0 amide bonds. The number of aromatic nitrogens is 2. The summed E-state index contributed by atoms with van der Waals surface area (Å²) in [6.45, 7) is 2.18. The number of nitrogens with zero attached hydrogens (tertiary/aromatic N) is 2. The van der Waals surface area contributed by atoms with Crippen molar-refractivity contribution in [2.24, 2.45) is 12.9 Å². The van der Waals surface area contributed by atoms with Crippen molar-refractivity contribution >= 4 is 0 Å². The van der Waals surface area contributed by atoms with Crippen molar-refractivity contribution in [2.45, 2.75) is 25.8 Å². The molecule has 0 saturated heterocycles. The van der Waals surface area contributed by atoms with Crippen LogP contribution in [-0.2, 0) is 13.5 Å². The lowest BCUT2D eigenvalue weighted by atomic mass is 10.0. The Morgan fingerprint density at radius 3 is 2.89 bits per heavy atom. The minimum atomic E-state index is -0.0678. The molecule has 1 aromatic heterocycles. The van der Waals surface area contributed by atoms with E-state index in [-0.39, 0.29) is 6.04 Å². The molecule has 0 aliphatic carbocycles. The molecule has 1 atom stereocenters. The van der Waals surface area contributed by atoms with Crippen LogP contribution in [0.2, 0.25) is 0 Å². The summed E-state index contributed by atoms with van der Waals surface area (Å²) in [6, 6.07) is 8.44. The van der Waals surface area contributed by atoms with Crippen LogP contribution in [0, 0.1) is 0 Å². The molecule has 0 bridgehead atoms. The number of aryl methyl sites for hydroxylation is 2. The van der Waals surface area contributed by atoms with Gasteiger partial charge in [0.15, 0.2) is 0 Å². The minimum Gasteiger partial charge on any atom is -0.336 e. The van der Waals surface area contributed by atoms with Gasteiger partial charge in [0.1, 0.15) is 11.9 Å². The third kappa shape index (κ3) is 2.60. The zero-order valence-electron chi connectivity index (χ0n) is 10.9. The summed E-state index contributed by atoms with van der Waals surface area (Å²) in [7, 11) is 1.97. The van der Waals surface area contributed by atoms with Gasteiger partial charge in [-0.3, -0.25) is 5.84 Å². The van der Waals surface area contributed by atoms with E-state index in [0.717, 1.165) is 24.2 Å². The Hall–Kier alpha value is -1.65. The summed E-state index contributed by atoms with van der Waals surface area (Å²) >= 11 is 0. The quantitative estimate of drug-likeness (QED) is 0.624. The van der Waals surface area contributed by atoms with Crippen LogP contribution in [0.4, 0.5) is 0 Å². The highest BCUT2D eigenvalue weighted by molar-refractivity contribution is 5.30. The van der Waals surface area contributed by atoms with Crippen molar-refractivity contribution in [1.82, 2.24) is 15.0 Å². The molecule has 2 aromatic rings. The van der Waals surface area contributed by atoms with Crippen molar-refractivity contribution in [2.75, 3.05) is 0 Å². The molecule has 4 heteroatoms. The van der Waals surface area contributed by atoms with Crippen molar-refractivity contribution in [3.63, 3.8) is 0 Å². The van der Waals surface area contributed by atoms with E-state index < -0.39 is 0 Å². The SMILES string of the molecule is CCCc1cccc(C(NN)c2nccn2C)c1. The summed E-state index contributed by atoms with van der Waals surface area (Å²) in [6.07, 6.45) is 5.95. The van der Waals surface area contributed by atoms with Gasteiger partial charge in [0.05, 0.1) is 0 Å². The lowest BCUT2D eigenvalue weighted by molar-refractivity contribution is 0.579. The second-order valence-electron chi connectivity index (χ2n) is 4.49. The molecule has 0 aliphatic rings. The van der Waals surface area contributed by atoms with E-state index in [4.69, 9.17) is 5.84 Å². The highest BCUT2D eigenvalue weighted by Gasteiger charge is 2.16. The first-order chi connectivity index (χ1) is 8.76. The van der Waals surface area contributed by atoms with Gasteiger partial charge < -0.3 is 4.57 Å². The van der Waals surface area contributed by atoms with Crippen molar-refractivity contribution in [1.29, 1.82) is 0 Å². The normalized spacial score (nSPS) is 12.6. The molecule has 0 aliphatic heterocycles. The molecular weight excluding hydrogens is 224 g/mol. The number of nitrogens with two attached hydrogens (primary N) is 1. The summed E-state index contributed by atoms with van der Waals surface area (Å²) in [5.74, 6) is 6.61. The van der Waals surface area contributed by atoms with Crippen molar-refractivity contribution in [3.05, 3.63) is 53.6 Å². The minimum absolute atomic E-state index is 0.0678. The summed E-state index contributed by atoms with van der Waals surface area (Å²) in [5.41, 5.74) is 5.34. The van der Waals surface area contributed by atoms with Gasteiger partial charge >= 0.3 is 0 Å². The third-order valence-electron chi connectivity index (χ3n) is 3.11. The number of hydrogen-bond acceptors (Lipinski definition) is 3. The monoisotopic (exact) mass is 244 g/mol. The second kappa shape index (κ2) is 5.80. The lowest BCUT2D eigenvalue weighted by Crippen LogP contribution is -2.30. The Morgan fingerprint density at radius 2 is 2.28 bits per heavy atom. The average molecular weight is 244 g/mol. The summed E-state index contributed by atoms with van der Waals surface area (Å²) < 4.78 is 1.98. The molecule has 18 heavy (non-hydrogen) atoms. The number of benzene rings is 1. The van der Waals surface area contributed by atoms with E-state index >= 15 is 0 Å². The molecule has 0 spiro atoms. The zero-order valence-corrected chi connectivity index (χ0v) is 10.9. The maximum absolute atomic E-state index is 5.69. The van der Waals surface area contributed by atoms with Gasteiger partial charge in [-0.2, -0.15) is 0 Å². The highest BCUT2D eigenvalue weighted by Crippen LogP contribution is 2.20. The van der Waals surface area contributed by atoms with Gasteiger partial charge in [-0.25, -0.2) is 10.4 Å². The van der Waals surface area contributed by atoms with Gasteiger partial charge in [-0.15, -0.1) is 0 Å². The van der Waals surface area contributed by atoms with E-state index in [0.29, 0.717) is 0 Å². The Balaban J connectivity index is 2.33. The van der Waals surface area contributed by atoms with Gasteiger partial charge in [0.2, 0.25) is 0 Å². The number of nitrogens with one attached hydrogen (secondary N) is 1. The summed E-state index contributed by atoms with van der Waals surface area (Å²) in [4.78, 5) is 4.36. The van der Waals surface area contributed by atoms with Crippen LogP contribution < -0.4 is 11.3 Å². The molecule has 4 nitrogen and oxygen atoms in total. The van der Waals surface area contributed by atoms with Crippen molar-refractivity contribution < 1.29 is 0 Å². The molecule has 2 rings (SSSR count). The maximum atomic E-state index is 5.69. The number of rotatable bonds is 5. The Kier molecular flexibility index (Phi) is 4.12. The standard InChI is InChI=1S/C14H20N4/c1-3-5-11-6-4-7-12(10-11)13(17-15)14-16-8-9-18(14)2/h4,6-10,13,17H,3,5,15H2,1-2H3. The molecule has 96 valence electrons. The third-order valence-corrected chi connectivity index (χ3v) is 3.11. The van der Waals surface area contributed by atoms with E-state index in [9.17, 15) is 0 Å². The second-order valence-corrected chi connectivity index (χ2v) is 4.49. The van der Waals surface area contributed by atoms with E-state index in [2.05, 4.69) is 41.6 Å². The van der Waals surface area contributed by atoms with E-state index in [1.807, 2.05) is 17.8 Å². The number of hydrazine groups is 1. The number of imidazole rings is 1. The van der Waals surface area contributed by atoms with Crippen LogP contribution >= 0.6 is 0 Å². The molecule has 1 aromatic carbocycles. The number of hydrogen-bond donors (Lipinski definition) is 2. The molecule has 1 heterocycles. The largest absolute Gasteiger partial charge is 0.336 e. The molecule has 0 fully saturated rings. The summed E-state index contributed by atoms with van der Waals surface area (Å²) in [5, 5.41) is 0. The molecule has 0 radical (unpaired) electrons. The Morgan fingerprint density at radius 1 is 1.44 bits per heavy atom. The molecule has 1 unspecified atom stereocenters. The van der Waals surface area contributed by atoms with Crippen LogP contribution in [0.25, 0.3) is 0 Å². The average Bonchev–Trinajstić information content (AvgIpc) is 2.78. The maximum Gasteiger partial charge on any atom is 0.131 e. The van der Waals surface area contributed by atoms with E-state index in [1.165, 1.54) is 5.56 Å². The highest BCUT2D eigenvalue weighted by atomic mass is 15.3. The van der Waals surface area contributed by atoms with Crippen LogP contribution in [0.1, 0.15) is 36.3 Å². The van der Waals surface area contributed by atoms with Crippen molar-refractivity contribution in [3.8, 4) is 0 Å². The zero-order chi connectivity index (χ0) is 13.0. The first kappa shape index (κ1) is 12.8. The fraction of sp³-hybridized carbons (Fsp3) is 0.357. The molecule has 0 saturated carbocycles. The first-order valence-corrected chi connectivity index (χ1v) is 6.28. The van der Waals surface area contributed by atoms with Crippen LogP contribution in [0.15, 0.2) is 36.7 Å². The van der Waals surface area contributed by atoms with Gasteiger partial charge in [-0.05, 0) is 17.5 Å². The van der Waals surface area contributed by atoms with Crippen LogP contribution in [0.3, 0.4) is 0 Å². The predicted molar refractivity (Wildman–Crippen MR) is 72.8 cm³/mol. The first-order valence-electron chi connectivity index (χ1n) is 6.28. The Bertz CT molecular complexity index is 504. The van der Waals surface area contributed by atoms with Gasteiger partial charge in [-0.1, -0.05) is 37.6 Å². The van der Waals surface area contributed by atoms with Crippen LogP contribution in [0.5, 0.6) is 0 Å². The smallest absolute Gasteiger partial charge is 0.131 e.